The highest BCUT2D eigenvalue weighted by Crippen LogP contribution is 2.25. The molecule has 2 heterocycles. The second-order valence-corrected chi connectivity index (χ2v) is 7.80. The molecule has 1 atom stereocenters. The largest absolute Gasteiger partial charge is 0.336 e. The number of nitrogens with zero attached hydrogens (tertiary/aromatic N) is 2. The molecule has 0 bridgehead atoms. The maximum Gasteiger partial charge on any atom is 0.319 e. The third-order valence-corrected chi connectivity index (χ3v) is 5.40. The Morgan fingerprint density at radius 1 is 1.33 bits per heavy atom. The minimum absolute atomic E-state index is 0.161. The van der Waals surface area contributed by atoms with E-state index in [1.807, 2.05) is 39.2 Å². The van der Waals surface area contributed by atoms with Crippen molar-refractivity contribution in [2.75, 3.05) is 26.0 Å². The zero-order chi connectivity index (χ0) is 17.1. The lowest BCUT2D eigenvalue weighted by Gasteiger charge is -2.24. The van der Waals surface area contributed by atoms with Gasteiger partial charge < -0.3 is 15.5 Å². The lowest BCUT2D eigenvalue weighted by molar-refractivity contribution is 0.243. The van der Waals surface area contributed by atoms with Gasteiger partial charge in [-0.1, -0.05) is 0 Å². The third-order valence-electron chi connectivity index (χ3n) is 3.76. The lowest BCUT2D eigenvalue weighted by atomic mass is 10.1. The molecular formula is C17H20N4OS2. The quantitative estimate of drug-likeness (QED) is 0.720. The highest BCUT2D eigenvalue weighted by atomic mass is 32.1. The van der Waals surface area contributed by atoms with Crippen LogP contribution in [0.25, 0.3) is 10.2 Å². The fourth-order valence-electron chi connectivity index (χ4n) is 2.55. The Morgan fingerprint density at radius 3 is 2.88 bits per heavy atom. The number of rotatable bonds is 5. The summed E-state index contributed by atoms with van der Waals surface area (Å²) in [5.41, 5.74) is 2.96. The van der Waals surface area contributed by atoms with Crippen LogP contribution in [0.3, 0.4) is 0 Å². The van der Waals surface area contributed by atoms with Crippen molar-refractivity contribution in [1.82, 2.24) is 15.2 Å². The van der Waals surface area contributed by atoms with Crippen molar-refractivity contribution >= 4 is 44.6 Å². The van der Waals surface area contributed by atoms with Crippen molar-refractivity contribution in [3.8, 4) is 0 Å². The fourth-order valence-corrected chi connectivity index (χ4v) is 4.12. The lowest BCUT2D eigenvalue weighted by Crippen LogP contribution is -2.36. The predicted molar refractivity (Wildman–Crippen MR) is 102 cm³/mol. The molecule has 0 saturated carbocycles. The van der Waals surface area contributed by atoms with Gasteiger partial charge in [0.25, 0.3) is 0 Å². The van der Waals surface area contributed by atoms with Gasteiger partial charge in [-0.3, -0.25) is 0 Å². The maximum absolute atomic E-state index is 12.2. The number of likely N-dealkylation sites (N-methyl/N-ethyl adjacent to an activating group) is 1. The molecule has 0 radical (unpaired) electrons. The molecule has 0 spiro atoms. The van der Waals surface area contributed by atoms with Gasteiger partial charge >= 0.3 is 6.03 Å². The number of aromatic nitrogens is 1. The Bertz CT molecular complexity index is 826. The number of amides is 2. The Labute approximate surface area is 149 Å². The van der Waals surface area contributed by atoms with Gasteiger partial charge in [-0.05, 0) is 61.6 Å². The highest BCUT2D eigenvalue weighted by molar-refractivity contribution is 7.18. The number of nitrogens with one attached hydrogen (secondary N) is 2. The molecule has 0 aliphatic carbocycles. The zero-order valence-corrected chi connectivity index (χ0v) is 15.5. The number of fused-ring (bicyclic) bond motifs is 1. The molecule has 24 heavy (non-hydrogen) atoms. The second kappa shape index (κ2) is 7.29. The number of thiazole rings is 1. The normalized spacial score (nSPS) is 12.5. The monoisotopic (exact) mass is 360 g/mol. The van der Waals surface area contributed by atoms with Crippen molar-refractivity contribution in [1.29, 1.82) is 0 Å². The van der Waals surface area contributed by atoms with Gasteiger partial charge in [0.15, 0.2) is 0 Å². The van der Waals surface area contributed by atoms with Crippen molar-refractivity contribution in [2.45, 2.75) is 13.0 Å². The first-order valence-corrected chi connectivity index (χ1v) is 9.39. The van der Waals surface area contributed by atoms with Gasteiger partial charge in [-0.2, -0.15) is 11.3 Å². The summed E-state index contributed by atoms with van der Waals surface area (Å²) < 4.78 is 1.08. The summed E-state index contributed by atoms with van der Waals surface area (Å²) >= 11 is 3.29. The Kier molecular flexibility index (Phi) is 5.13. The van der Waals surface area contributed by atoms with E-state index < -0.39 is 0 Å². The van der Waals surface area contributed by atoms with Crippen LogP contribution in [0.1, 0.15) is 16.6 Å². The summed E-state index contributed by atoms with van der Waals surface area (Å²) in [6, 6.07) is 7.83. The van der Waals surface area contributed by atoms with Crippen LogP contribution in [0.5, 0.6) is 0 Å². The topological polar surface area (TPSA) is 57.3 Å². The van der Waals surface area contributed by atoms with Gasteiger partial charge in [0.05, 0.1) is 21.3 Å². The van der Waals surface area contributed by atoms with Crippen LogP contribution >= 0.6 is 22.7 Å². The fraction of sp³-hybridized carbons (Fsp3) is 0.294. The van der Waals surface area contributed by atoms with Crippen LogP contribution in [-0.4, -0.2) is 36.6 Å². The molecule has 3 rings (SSSR count). The molecule has 3 aromatic rings. The molecule has 2 amide bonds. The second-order valence-electron chi connectivity index (χ2n) is 5.79. The van der Waals surface area contributed by atoms with E-state index in [4.69, 9.17) is 0 Å². The van der Waals surface area contributed by atoms with Gasteiger partial charge in [0.1, 0.15) is 0 Å². The van der Waals surface area contributed by atoms with Crippen LogP contribution in [0.15, 0.2) is 35.0 Å². The van der Waals surface area contributed by atoms with Crippen LogP contribution in [0.4, 0.5) is 10.5 Å². The van der Waals surface area contributed by atoms with Crippen LogP contribution in [0.2, 0.25) is 0 Å². The van der Waals surface area contributed by atoms with Gasteiger partial charge in [-0.25, -0.2) is 9.78 Å². The third kappa shape index (κ3) is 3.92. The zero-order valence-electron chi connectivity index (χ0n) is 13.9. The SMILES string of the molecule is Cc1nc2ccc(NC(=O)NC[C@@H](c3ccsc3)N(C)C)cc2s1. The van der Waals surface area contributed by atoms with Crippen molar-refractivity contribution in [3.63, 3.8) is 0 Å². The van der Waals surface area contributed by atoms with Gasteiger partial charge in [0.2, 0.25) is 0 Å². The molecule has 1 aromatic carbocycles. The van der Waals surface area contributed by atoms with E-state index in [0.717, 1.165) is 20.9 Å². The first kappa shape index (κ1) is 16.9. The first-order valence-electron chi connectivity index (χ1n) is 7.63. The van der Waals surface area contributed by atoms with Gasteiger partial charge in [-0.15, -0.1) is 11.3 Å². The van der Waals surface area contributed by atoms with E-state index in [1.54, 1.807) is 22.7 Å². The van der Waals surface area contributed by atoms with Crippen LogP contribution < -0.4 is 10.6 Å². The van der Waals surface area contributed by atoms with Crippen molar-refractivity contribution < 1.29 is 4.79 Å². The van der Waals surface area contributed by atoms with E-state index in [0.29, 0.717) is 6.54 Å². The molecule has 0 aliphatic rings. The summed E-state index contributed by atoms with van der Waals surface area (Å²) in [6.45, 7) is 2.54. The number of hydrogen-bond acceptors (Lipinski definition) is 5. The molecule has 7 heteroatoms. The number of carbonyl (C=O) groups is 1. The molecule has 126 valence electrons. The number of aryl methyl sites for hydroxylation is 1. The number of thiophene rings is 1. The smallest absolute Gasteiger partial charge is 0.319 e. The van der Waals surface area contributed by atoms with E-state index in [1.165, 1.54) is 5.56 Å². The summed E-state index contributed by atoms with van der Waals surface area (Å²) in [5.74, 6) is 0. The number of carbonyl (C=O) groups excluding carboxylic acids is 1. The van der Waals surface area contributed by atoms with Crippen molar-refractivity contribution in [3.05, 3.63) is 45.6 Å². The predicted octanol–water partition coefficient (Wildman–Crippen LogP) is 4.09. The minimum atomic E-state index is -0.197. The molecule has 0 fully saturated rings. The molecule has 2 N–H and O–H groups in total. The van der Waals surface area contributed by atoms with Crippen LogP contribution in [-0.2, 0) is 0 Å². The summed E-state index contributed by atoms with van der Waals surface area (Å²) in [7, 11) is 4.03. The van der Waals surface area contributed by atoms with Crippen LogP contribution in [0, 0.1) is 6.92 Å². The van der Waals surface area contributed by atoms with E-state index in [9.17, 15) is 4.79 Å². The Balaban J connectivity index is 1.61. The van der Waals surface area contributed by atoms with Gasteiger partial charge in [0, 0.05) is 12.2 Å². The summed E-state index contributed by atoms with van der Waals surface area (Å²) in [6.07, 6.45) is 0. The number of benzene rings is 1. The first-order chi connectivity index (χ1) is 11.5. The average molecular weight is 361 g/mol. The molecule has 0 unspecified atom stereocenters. The number of urea groups is 1. The highest BCUT2D eigenvalue weighted by Gasteiger charge is 2.15. The maximum atomic E-state index is 12.2. The van der Waals surface area contributed by atoms with E-state index in [-0.39, 0.29) is 12.1 Å². The Morgan fingerprint density at radius 2 is 2.17 bits per heavy atom. The van der Waals surface area contributed by atoms with E-state index in [2.05, 4.69) is 37.3 Å². The molecule has 2 aromatic heterocycles. The average Bonchev–Trinajstić information content (AvgIpc) is 3.15. The number of hydrogen-bond donors (Lipinski definition) is 2. The molecule has 5 nitrogen and oxygen atoms in total. The summed E-state index contributed by atoms with van der Waals surface area (Å²) in [5, 5.41) is 11.0. The van der Waals surface area contributed by atoms with Crippen molar-refractivity contribution in [2.24, 2.45) is 0 Å². The molecule has 0 aliphatic heterocycles. The minimum Gasteiger partial charge on any atom is -0.336 e. The van der Waals surface area contributed by atoms with E-state index >= 15 is 0 Å². The summed E-state index contributed by atoms with van der Waals surface area (Å²) in [4.78, 5) is 18.7. The molecular weight excluding hydrogens is 340 g/mol. The number of anilines is 1. The Hall–Kier alpha value is -1.96. The standard InChI is InChI=1S/C17H20N4OS2/c1-11-19-14-5-4-13(8-16(14)24-11)20-17(22)18-9-15(21(2)3)12-6-7-23-10-12/h4-8,10,15H,9H2,1-3H3,(H2,18,20,22)/t15-/m0/s1. The molecule has 0 saturated heterocycles.